The highest BCUT2D eigenvalue weighted by molar-refractivity contribution is 5.67. The zero-order valence-electron chi connectivity index (χ0n) is 16.3. The first-order chi connectivity index (χ1) is 13.0. The normalized spacial score (nSPS) is 19.4. The summed E-state index contributed by atoms with van der Waals surface area (Å²) in [7, 11) is 1.66. The summed E-state index contributed by atoms with van der Waals surface area (Å²) in [6.45, 7) is 6.74. The second-order valence-electron chi connectivity index (χ2n) is 6.95. The molecule has 3 rings (SSSR count). The van der Waals surface area contributed by atoms with Gasteiger partial charge in [-0.05, 0) is 54.8 Å². The molecule has 5 nitrogen and oxygen atoms in total. The molecular formula is C22H28N2O3. The summed E-state index contributed by atoms with van der Waals surface area (Å²) in [5.74, 6) is 1.89. The van der Waals surface area contributed by atoms with Gasteiger partial charge in [0.15, 0.2) is 11.5 Å². The van der Waals surface area contributed by atoms with Crippen molar-refractivity contribution >= 4 is 5.70 Å². The lowest BCUT2D eigenvalue weighted by Crippen LogP contribution is -2.49. The van der Waals surface area contributed by atoms with Crippen LogP contribution in [0.2, 0.25) is 0 Å². The molecule has 0 radical (unpaired) electrons. The number of phenolic OH excluding ortho intramolecular Hbond substituents is 1. The highest BCUT2D eigenvalue weighted by atomic mass is 16.5. The van der Waals surface area contributed by atoms with Gasteiger partial charge in [-0.15, -0.1) is 0 Å². The SMILES string of the molecule is CCOc1cccc(C2C=C(c3ccc(OC)cc3)NC(C(C)C)N2)c1O. The van der Waals surface area contributed by atoms with E-state index in [2.05, 4.69) is 30.6 Å². The van der Waals surface area contributed by atoms with Gasteiger partial charge in [-0.2, -0.15) is 0 Å². The predicted molar refractivity (Wildman–Crippen MR) is 108 cm³/mol. The average molecular weight is 368 g/mol. The molecule has 0 saturated carbocycles. The number of rotatable bonds is 6. The first-order valence-electron chi connectivity index (χ1n) is 9.37. The number of para-hydroxylation sites is 1. The maximum Gasteiger partial charge on any atom is 0.162 e. The Labute approximate surface area is 161 Å². The molecule has 1 aliphatic heterocycles. The minimum absolute atomic E-state index is 0.0762. The van der Waals surface area contributed by atoms with E-state index in [1.807, 2.05) is 43.3 Å². The van der Waals surface area contributed by atoms with E-state index in [1.54, 1.807) is 13.2 Å². The lowest BCUT2D eigenvalue weighted by Gasteiger charge is -2.35. The highest BCUT2D eigenvalue weighted by Gasteiger charge is 2.27. The molecule has 0 bridgehead atoms. The standard InChI is InChI=1S/C22H28N2O3/c1-5-27-20-8-6-7-17(21(20)25)19-13-18(23-22(24-19)14(2)3)15-9-11-16(26-4)12-10-15/h6-14,19,22-25H,5H2,1-4H3. The Morgan fingerprint density at radius 1 is 1.11 bits per heavy atom. The zero-order valence-corrected chi connectivity index (χ0v) is 16.3. The third kappa shape index (κ3) is 4.19. The number of ether oxygens (including phenoxy) is 2. The van der Waals surface area contributed by atoms with Crippen LogP contribution < -0.4 is 20.1 Å². The fraction of sp³-hybridized carbons (Fsp3) is 0.364. The van der Waals surface area contributed by atoms with Crippen molar-refractivity contribution in [2.45, 2.75) is 33.0 Å². The van der Waals surface area contributed by atoms with E-state index < -0.39 is 0 Å². The summed E-state index contributed by atoms with van der Waals surface area (Å²) in [5, 5.41) is 17.8. The quantitative estimate of drug-likeness (QED) is 0.718. The molecule has 1 aliphatic rings. The van der Waals surface area contributed by atoms with Gasteiger partial charge in [0.2, 0.25) is 0 Å². The molecule has 0 aliphatic carbocycles. The van der Waals surface area contributed by atoms with Crippen molar-refractivity contribution in [1.29, 1.82) is 0 Å². The minimum atomic E-state index is -0.129. The molecule has 144 valence electrons. The Bertz CT molecular complexity index is 800. The van der Waals surface area contributed by atoms with Crippen molar-refractivity contribution in [1.82, 2.24) is 10.6 Å². The summed E-state index contributed by atoms with van der Waals surface area (Å²) in [6.07, 6.45) is 2.18. The second-order valence-corrected chi connectivity index (χ2v) is 6.95. The largest absolute Gasteiger partial charge is 0.504 e. The molecule has 0 saturated heterocycles. The Kier molecular flexibility index (Phi) is 5.91. The summed E-state index contributed by atoms with van der Waals surface area (Å²) in [4.78, 5) is 0. The van der Waals surface area contributed by atoms with Crippen molar-refractivity contribution in [3.8, 4) is 17.2 Å². The Balaban J connectivity index is 1.99. The number of aromatic hydroxyl groups is 1. The molecule has 5 heteroatoms. The van der Waals surface area contributed by atoms with Gasteiger partial charge in [0, 0.05) is 11.3 Å². The van der Waals surface area contributed by atoms with E-state index in [9.17, 15) is 5.11 Å². The van der Waals surface area contributed by atoms with Gasteiger partial charge in [-0.3, -0.25) is 5.32 Å². The highest BCUT2D eigenvalue weighted by Crippen LogP contribution is 2.37. The molecule has 0 amide bonds. The van der Waals surface area contributed by atoms with E-state index in [4.69, 9.17) is 9.47 Å². The predicted octanol–water partition coefficient (Wildman–Crippen LogP) is 4.06. The van der Waals surface area contributed by atoms with Crippen molar-refractivity contribution in [2.24, 2.45) is 5.92 Å². The Hall–Kier alpha value is -2.66. The number of methoxy groups -OCH3 is 1. The van der Waals surface area contributed by atoms with E-state index in [1.165, 1.54) is 0 Å². The molecular weight excluding hydrogens is 340 g/mol. The van der Waals surface area contributed by atoms with Gasteiger partial charge in [0.05, 0.1) is 25.9 Å². The van der Waals surface area contributed by atoms with Crippen LogP contribution in [0.5, 0.6) is 17.2 Å². The van der Waals surface area contributed by atoms with Crippen LogP contribution in [0.15, 0.2) is 48.5 Å². The fourth-order valence-electron chi connectivity index (χ4n) is 3.22. The van der Waals surface area contributed by atoms with Crippen molar-refractivity contribution in [2.75, 3.05) is 13.7 Å². The fourth-order valence-corrected chi connectivity index (χ4v) is 3.22. The lowest BCUT2D eigenvalue weighted by molar-refractivity contribution is 0.309. The zero-order chi connectivity index (χ0) is 19.4. The van der Waals surface area contributed by atoms with E-state index in [-0.39, 0.29) is 18.0 Å². The third-order valence-corrected chi connectivity index (χ3v) is 4.74. The van der Waals surface area contributed by atoms with Crippen molar-refractivity contribution in [3.63, 3.8) is 0 Å². The van der Waals surface area contributed by atoms with Crippen LogP contribution in [0.4, 0.5) is 0 Å². The number of nitrogens with one attached hydrogen (secondary N) is 2. The molecule has 1 heterocycles. The van der Waals surface area contributed by atoms with Gasteiger partial charge in [-0.1, -0.05) is 26.0 Å². The van der Waals surface area contributed by atoms with Crippen molar-refractivity contribution < 1.29 is 14.6 Å². The Morgan fingerprint density at radius 3 is 2.48 bits per heavy atom. The van der Waals surface area contributed by atoms with Gasteiger partial charge in [-0.25, -0.2) is 0 Å². The van der Waals surface area contributed by atoms with Gasteiger partial charge in [0.1, 0.15) is 5.75 Å². The molecule has 2 aromatic rings. The molecule has 0 spiro atoms. The monoisotopic (exact) mass is 368 g/mol. The van der Waals surface area contributed by atoms with E-state index >= 15 is 0 Å². The average Bonchev–Trinajstić information content (AvgIpc) is 2.69. The summed E-state index contributed by atoms with van der Waals surface area (Å²) in [6, 6.07) is 13.5. The topological polar surface area (TPSA) is 62.8 Å². The van der Waals surface area contributed by atoms with Crippen LogP contribution in [-0.2, 0) is 0 Å². The maximum absolute atomic E-state index is 10.7. The smallest absolute Gasteiger partial charge is 0.162 e. The van der Waals surface area contributed by atoms with Crippen LogP contribution in [0.25, 0.3) is 5.70 Å². The van der Waals surface area contributed by atoms with Crippen molar-refractivity contribution in [3.05, 3.63) is 59.7 Å². The molecule has 2 unspecified atom stereocenters. The summed E-state index contributed by atoms with van der Waals surface area (Å²) in [5.41, 5.74) is 2.91. The minimum Gasteiger partial charge on any atom is -0.504 e. The molecule has 3 N–H and O–H groups in total. The maximum atomic E-state index is 10.7. The first kappa shape index (κ1) is 19.1. The molecule has 2 atom stereocenters. The number of phenols is 1. The Morgan fingerprint density at radius 2 is 1.85 bits per heavy atom. The van der Waals surface area contributed by atoms with E-state index in [0.717, 1.165) is 22.6 Å². The van der Waals surface area contributed by atoms with Crippen LogP contribution in [-0.4, -0.2) is 25.0 Å². The number of hydrogen-bond acceptors (Lipinski definition) is 5. The van der Waals surface area contributed by atoms with Crippen LogP contribution >= 0.6 is 0 Å². The first-order valence-corrected chi connectivity index (χ1v) is 9.37. The second kappa shape index (κ2) is 8.35. The van der Waals surface area contributed by atoms with E-state index in [0.29, 0.717) is 18.3 Å². The molecule has 0 fully saturated rings. The summed E-state index contributed by atoms with van der Waals surface area (Å²) < 4.78 is 10.8. The lowest BCUT2D eigenvalue weighted by atomic mass is 9.97. The van der Waals surface area contributed by atoms with Crippen LogP contribution in [0, 0.1) is 5.92 Å². The third-order valence-electron chi connectivity index (χ3n) is 4.74. The van der Waals surface area contributed by atoms with Crippen LogP contribution in [0.1, 0.15) is 37.9 Å². The molecule has 27 heavy (non-hydrogen) atoms. The summed E-state index contributed by atoms with van der Waals surface area (Å²) >= 11 is 0. The van der Waals surface area contributed by atoms with Gasteiger partial charge in [0.25, 0.3) is 0 Å². The molecule has 2 aromatic carbocycles. The number of benzene rings is 2. The van der Waals surface area contributed by atoms with Gasteiger partial charge >= 0.3 is 0 Å². The van der Waals surface area contributed by atoms with Crippen LogP contribution in [0.3, 0.4) is 0 Å². The molecule has 0 aromatic heterocycles. The number of hydrogen-bond donors (Lipinski definition) is 3. The van der Waals surface area contributed by atoms with Gasteiger partial charge < -0.3 is 19.9 Å².